The van der Waals surface area contributed by atoms with Crippen LogP contribution in [0.2, 0.25) is 0 Å². The normalized spacial score (nSPS) is 11.0. The second kappa shape index (κ2) is 5.43. The molecular formula is C14H20O3. The van der Waals surface area contributed by atoms with Gasteiger partial charge in [-0.3, -0.25) is 4.79 Å². The molecular weight excluding hydrogens is 216 g/mol. The average molecular weight is 236 g/mol. The van der Waals surface area contributed by atoms with Gasteiger partial charge in [-0.2, -0.15) is 0 Å². The molecule has 1 aromatic carbocycles. The molecule has 1 aromatic rings. The lowest BCUT2D eigenvalue weighted by atomic mass is 9.89. The molecule has 1 rings (SSSR count). The number of hydrogen-bond donors (Lipinski definition) is 0. The van der Waals surface area contributed by atoms with Gasteiger partial charge in [-0.05, 0) is 49.9 Å². The maximum atomic E-state index is 11.3. The van der Waals surface area contributed by atoms with Crippen molar-refractivity contribution in [2.75, 3.05) is 14.2 Å². The molecule has 0 aliphatic heterocycles. The average Bonchev–Trinajstić information content (AvgIpc) is 2.34. The topological polar surface area (TPSA) is 35.5 Å². The van der Waals surface area contributed by atoms with Crippen LogP contribution >= 0.6 is 0 Å². The summed E-state index contributed by atoms with van der Waals surface area (Å²) in [5, 5.41) is 0. The Bertz CT molecular complexity index is 432. The van der Waals surface area contributed by atoms with Crippen LogP contribution in [-0.2, 0) is 9.47 Å². The molecule has 0 atom stereocenters. The van der Waals surface area contributed by atoms with Crippen LogP contribution in [0.15, 0.2) is 0 Å². The van der Waals surface area contributed by atoms with Gasteiger partial charge in [0.2, 0.25) is 0 Å². The number of carbonyl (C=O) groups excluding carboxylic acids is 1. The number of aldehydes is 1. The minimum atomic E-state index is -0.492. The molecule has 17 heavy (non-hydrogen) atoms. The fraction of sp³-hybridized carbons (Fsp3) is 0.500. The summed E-state index contributed by atoms with van der Waals surface area (Å²) < 4.78 is 10.6. The molecule has 0 N–H and O–H groups in total. The van der Waals surface area contributed by atoms with E-state index in [4.69, 9.17) is 9.47 Å². The van der Waals surface area contributed by atoms with Gasteiger partial charge in [-0.15, -0.1) is 0 Å². The highest BCUT2D eigenvalue weighted by molar-refractivity contribution is 5.82. The Morgan fingerprint density at radius 1 is 0.882 bits per heavy atom. The van der Waals surface area contributed by atoms with Gasteiger partial charge in [0.25, 0.3) is 0 Å². The second-order valence-electron chi connectivity index (χ2n) is 4.25. The molecule has 3 heteroatoms. The summed E-state index contributed by atoms with van der Waals surface area (Å²) in [5.74, 6) is 0. The van der Waals surface area contributed by atoms with E-state index in [1.807, 2.05) is 20.8 Å². The SMILES string of the molecule is COC(OC)c1c(C)c(C)c(C)c(C)c1C=O. The van der Waals surface area contributed by atoms with Crippen LogP contribution in [0.5, 0.6) is 0 Å². The zero-order valence-electron chi connectivity index (χ0n) is 11.4. The number of methoxy groups -OCH3 is 2. The van der Waals surface area contributed by atoms with Gasteiger partial charge in [-0.25, -0.2) is 0 Å². The van der Waals surface area contributed by atoms with Crippen LogP contribution in [0.3, 0.4) is 0 Å². The molecule has 0 radical (unpaired) electrons. The number of hydrogen-bond acceptors (Lipinski definition) is 3. The van der Waals surface area contributed by atoms with Gasteiger partial charge in [0.15, 0.2) is 12.6 Å². The number of ether oxygens (including phenoxy) is 2. The molecule has 0 fully saturated rings. The Labute approximate surface area is 103 Å². The summed E-state index contributed by atoms with van der Waals surface area (Å²) in [7, 11) is 3.15. The molecule has 0 saturated carbocycles. The quantitative estimate of drug-likeness (QED) is 0.595. The molecule has 0 heterocycles. The summed E-state index contributed by atoms with van der Waals surface area (Å²) >= 11 is 0. The third-order valence-corrected chi connectivity index (χ3v) is 3.57. The van der Waals surface area contributed by atoms with Crippen molar-refractivity contribution in [1.29, 1.82) is 0 Å². The van der Waals surface area contributed by atoms with Crippen molar-refractivity contribution in [2.24, 2.45) is 0 Å². The van der Waals surface area contributed by atoms with Gasteiger partial charge in [0.1, 0.15) is 0 Å². The zero-order chi connectivity index (χ0) is 13.2. The summed E-state index contributed by atoms with van der Waals surface area (Å²) in [6, 6.07) is 0. The lowest BCUT2D eigenvalue weighted by Gasteiger charge is -2.22. The first-order chi connectivity index (χ1) is 7.99. The van der Waals surface area contributed by atoms with Crippen molar-refractivity contribution in [3.05, 3.63) is 33.4 Å². The summed E-state index contributed by atoms with van der Waals surface area (Å²) in [5.41, 5.74) is 5.91. The first-order valence-electron chi connectivity index (χ1n) is 5.60. The molecule has 0 aliphatic rings. The molecule has 94 valence electrons. The third kappa shape index (κ3) is 2.26. The van der Waals surface area contributed by atoms with E-state index in [2.05, 4.69) is 6.92 Å². The monoisotopic (exact) mass is 236 g/mol. The summed E-state index contributed by atoms with van der Waals surface area (Å²) in [6.45, 7) is 8.04. The smallest absolute Gasteiger partial charge is 0.184 e. The number of rotatable bonds is 4. The molecule has 0 aliphatic carbocycles. The summed E-state index contributed by atoms with van der Waals surface area (Å²) in [6.07, 6.45) is 0.392. The molecule has 0 spiro atoms. The van der Waals surface area contributed by atoms with E-state index in [0.29, 0.717) is 5.56 Å². The van der Waals surface area contributed by atoms with Crippen molar-refractivity contribution in [2.45, 2.75) is 34.0 Å². The van der Waals surface area contributed by atoms with Crippen molar-refractivity contribution < 1.29 is 14.3 Å². The third-order valence-electron chi connectivity index (χ3n) is 3.57. The van der Waals surface area contributed by atoms with Crippen LogP contribution in [-0.4, -0.2) is 20.5 Å². The first-order valence-corrected chi connectivity index (χ1v) is 5.60. The standard InChI is InChI=1S/C14H20O3/c1-8-9(2)11(4)13(14(16-5)17-6)12(7-15)10(8)3/h7,14H,1-6H3. The summed E-state index contributed by atoms with van der Waals surface area (Å²) in [4.78, 5) is 11.3. The highest BCUT2D eigenvalue weighted by Gasteiger charge is 2.21. The predicted octanol–water partition coefficient (Wildman–Crippen LogP) is 3.02. The Hall–Kier alpha value is -1.19. The van der Waals surface area contributed by atoms with E-state index in [9.17, 15) is 4.79 Å². The van der Waals surface area contributed by atoms with Gasteiger partial charge in [0.05, 0.1) is 0 Å². The minimum absolute atomic E-state index is 0.492. The number of carbonyl (C=O) groups is 1. The van der Waals surface area contributed by atoms with E-state index in [1.54, 1.807) is 14.2 Å². The Balaban J connectivity index is 3.62. The maximum Gasteiger partial charge on any atom is 0.184 e. The lowest BCUT2D eigenvalue weighted by molar-refractivity contribution is -0.106. The highest BCUT2D eigenvalue weighted by Crippen LogP contribution is 2.31. The maximum absolute atomic E-state index is 11.3. The molecule has 0 saturated heterocycles. The first kappa shape index (κ1) is 13.9. The van der Waals surface area contributed by atoms with E-state index in [0.717, 1.165) is 28.5 Å². The van der Waals surface area contributed by atoms with Crippen molar-refractivity contribution in [1.82, 2.24) is 0 Å². The Morgan fingerprint density at radius 2 is 1.35 bits per heavy atom. The van der Waals surface area contributed by atoms with Gasteiger partial charge < -0.3 is 9.47 Å². The van der Waals surface area contributed by atoms with Crippen LogP contribution in [0.4, 0.5) is 0 Å². The Morgan fingerprint density at radius 3 is 1.76 bits per heavy atom. The van der Waals surface area contributed by atoms with Crippen LogP contribution in [0.25, 0.3) is 0 Å². The van der Waals surface area contributed by atoms with Crippen molar-refractivity contribution in [3.63, 3.8) is 0 Å². The van der Waals surface area contributed by atoms with E-state index < -0.39 is 6.29 Å². The van der Waals surface area contributed by atoms with Crippen LogP contribution < -0.4 is 0 Å². The van der Waals surface area contributed by atoms with Gasteiger partial charge in [0, 0.05) is 25.3 Å². The fourth-order valence-electron chi connectivity index (χ4n) is 2.16. The van der Waals surface area contributed by atoms with Gasteiger partial charge >= 0.3 is 0 Å². The molecule has 0 aromatic heterocycles. The van der Waals surface area contributed by atoms with Crippen LogP contribution in [0, 0.1) is 27.7 Å². The fourth-order valence-corrected chi connectivity index (χ4v) is 2.16. The molecule has 0 unspecified atom stereocenters. The Kier molecular flexibility index (Phi) is 4.43. The largest absolute Gasteiger partial charge is 0.352 e. The minimum Gasteiger partial charge on any atom is -0.352 e. The van der Waals surface area contributed by atoms with Crippen molar-refractivity contribution >= 4 is 6.29 Å². The van der Waals surface area contributed by atoms with Gasteiger partial charge in [-0.1, -0.05) is 0 Å². The highest BCUT2D eigenvalue weighted by atomic mass is 16.7. The molecule has 0 amide bonds. The van der Waals surface area contributed by atoms with E-state index in [-0.39, 0.29) is 0 Å². The molecule has 3 nitrogen and oxygen atoms in total. The number of benzene rings is 1. The predicted molar refractivity (Wildman–Crippen MR) is 67.5 cm³/mol. The van der Waals surface area contributed by atoms with E-state index in [1.165, 1.54) is 5.56 Å². The second-order valence-corrected chi connectivity index (χ2v) is 4.25. The molecule has 0 bridgehead atoms. The van der Waals surface area contributed by atoms with Crippen LogP contribution in [0.1, 0.15) is 44.5 Å². The lowest BCUT2D eigenvalue weighted by Crippen LogP contribution is -2.13. The van der Waals surface area contributed by atoms with E-state index >= 15 is 0 Å². The zero-order valence-corrected chi connectivity index (χ0v) is 11.4. The van der Waals surface area contributed by atoms with Crippen molar-refractivity contribution in [3.8, 4) is 0 Å².